The van der Waals surface area contributed by atoms with Crippen molar-refractivity contribution in [1.29, 1.82) is 0 Å². The molecular formula is C18H30FNOP+. The fraction of sp³-hybridized carbons (Fsp3) is 0.611. The van der Waals surface area contributed by atoms with Gasteiger partial charge in [-0.05, 0) is 64.3 Å². The second-order valence-electron chi connectivity index (χ2n) is 6.00. The van der Waals surface area contributed by atoms with E-state index in [4.69, 9.17) is 0 Å². The maximum Gasteiger partial charge on any atom is 0.265 e. The third-order valence-corrected chi connectivity index (χ3v) is 10.7. The van der Waals surface area contributed by atoms with Gasteiger partial charge in [0.2, 0.25) is 0 Å². The number of anilines is 1. The Morgan fingerprint density at radius 1 is 1.09 bits per heavy atom. The second kappa shape index (κ2) is 8.06. The molecule has 0 aliphatic carbocycles. The predicted molar refractivity (Wildman–Crippen MR) is 97.1 cm³/mol. The number of rotatable bonds is 7. The summed E-state index contributed by atoms with van der Waals surface area (Å²) < 4.78 is 13.4. The lowest BCUT2D eigenvalue weighted by molar-refractivity contribution is -0.115. The Hall–Kier alpha value is -0.950. The number of halogens is 1. The van der Waals surface area contributed by atoms with Crippen LogP contribution in [0.2, 0.25) is 0 Å². The summed E-state index contributed by atoms with van der Waals surface area (Å²) in [7, 11) is -1.27. The molecule has 1 atom stereocenters. The second-order valence-corrected chi connectivity index (χ2v) is 11.0. The third kappa shape index (κ3) is 3.87. The van der Waals surface area contributed by atoms with Crippen LogP contribution < -0.4 is 5.32 Å². The maximum atomic E-state index is 13.4. The summed E-state index contributed by atoms with van der Waals surface area (Å²) in [6, 6.07) is 2.96. The molecule has 0 bridgehead atoms. The van der Waals surface area contributed by atoms with Crippen LogP contribution in [0.25, 0.3) is 0 Å². The minimum atomic E-state index is -1.27. The number of hydrogen-bond acceptors (Lipinski definition) is 1. The van der Waals surface area contributed by atoms with Crippen molar-refractivity contribution in [1.82, 2.24) is 0 Å². The first-order chi connectivity index (χ1) is 10.3. The molecule has 0 radical (unpaired) electrons. The van der Waals surface area contributed by atoms with Crippen LogP contribution in [0.1, 0.15) is 45.2 Å². The molecule has 2 nitrogen and oxygen atoms in total. The Morgan fingerprint density at radius 2 is 1.55 bits per heavy atom. The Bertz CT molecular complexity index is 495. The van der Waals surface area contributed by atoms with E-state index in [2.05, 4.69) is 33.0 Å². The van der Waals surface area contributed by atoms with Gasteiger partial charge in [-0.3, -0.25) is 4.79 Å². The summed E-state index contributed by atoms with van der Waals surface area (Å²) in [6.07, 6.45) is 4.18. The van der Waals surface area contributed by atoms with E-state index in [0.29, 0.717) is 0 Å². The van der Waals surface area contributed by atoms with Crippen LogP contribution in [0.5, 0.6) is 0 Å². The highest BCUT2D eigenvalue weighted by molar-refractivity contribution is 7.77. The first-order valence-electron chi connectivity index (χ1n) is 8.28. The SMILES string of the molecule is CCC(C(=O)Nc1c(C)cc(F)cc1C)[P+](CC)(CC)CC. The number of nitrogens with one attached hydrogen (secondary N) is 1. The van der Waals surface area contributed by atoms with Gasteiger partial charge in [-0.25, -0.2) is 4.39 Å². The van der Waals surface area contributed by atoms with Crippen LogP contribution in [0.4, 0.5) is 10.1 Å². The number of carbonyl (C=O) groups is 1. The number of hydrogen-bond donors (Lipinski definition) is 1. The van der Waals surface area contributed by atoms with E-state index in [1.54, 1.807) is 0 Å². The van der Waals surface area contributed by atoms with Crippen LogP contribution in [0.3, 0.4) is 0 Å². The maximum absolute atomic E-state index is 13.4. The topological polar surface area (TPSA) is 29.1 Å². The van der Waals surface area contributed by atoms with E-state index in [0.717, 1.165) is 41.7 Å². The van der Waals surface area contributed by atoms with Crippen LogP contribution >= 0.6 is 7.26 Å². The first kappa shape index (κ1) is 19.1. The van der Waals surface area contributed by atoms with Crippen molar-refractivity contribution in [2.24, 2.45) is 0 Å². The van der Waals surface area contributed by atoms with E-state index < -0.39 is 7.26 Å². The fourth-order valence-corrected chi connectivity index (χ4v) is 7.47. The number of benzene rings is 1. The Labute approximate surface area is 135 Å². The molecule has 0 saturated carbocycles. The predicted octanol–water partition coefficient (Wildman–Crippen LogP) is 5.24. The van der Waals surface area contributed by atoms with Crippen molar-refractivity contribution < 1.29 is 9.18 Å². The molecule has 0 heterocycles. The molecule has 0 aromatic heterocycles. The molecule has 0 fully saturated rings. The smallest absolute Gasteiger partial charge is 0.265 e. The Kier molecular flexibility index (Phi) is 6.99. The molecule has 124 valence electrons. The van der Waals surface area contributed by atoms with Gasteiger partial charge in [0.15, 0.2) is 0 Å². The van der Waals surface area contributed by atoms with E-state index >= 15 is 0 Å². The van der Waals surface area contributed by atoms with Crippen molar-refractivity contribution in [3.05, 3.63) is 29.1 Å². The summed E-state index contributed by atoms with van der Waals surface area (Å²) in [5.74, 6) is -0.142. The third-order valence-electron chi connectivity index (χ3n) is 4.99. The molecule has 1 aromatic rings. The number of aryl methyl sites for hydroxylation is 2. The van der Waals surface area contributed by atoms with Crippen molar-refractivity contribution in [3.8, 4) is 0 Å². The van der Waals surface area contributed by atoms with Gasteiger partial charge in [0, 0.05) is 12.9 Å². The van der Waals surface area contributed by atoms with Gasteiger partial charge >= 0.3 is 0 Å². The monoisotopic (exact) mass is 326 g/mol. The van der Waals surface area contributed by atoms with Gasteiger partial charge in [0.05, 0.1) is 18.5 Å². The standard InChI is InChI=1S/C18H29FNOP/c1-7-16(22(8-2,9-3)10-4)18(21)20-17-13(5)11-15(19)12-14(17)6/h11-12,16H,7-10H2,1-6H3/p+1. The van der Waals surface area contributed by atoms with Gasteiger partial charge in [-0.15, -0.1) is 0 Å². The summed E-state index contributed by atoms with van der Waals surface area (Å²) in [5, 5.41) is 3.09. The van der Waals surface area contributed by atoms with E-state index in [-0.39, 0.29) is 17.4 Å². The Morgan fingerprint density at radius 3 is 1.91 bits per heavy atom. The highest BCUT2D eigenvalue weighted by Gasteiger charge is 2.44. The van der Waals surface area contributed by atoms with Crippen molar-refractivity contribution in [3.63, 3.8) is 0 Å². The average molecular weight is 326 g/mol. The zero-order chi connectivity index (χ0) is 16.9. The van der Waals surface area contributed by atoms with Crippen LogP contribution in [-0.2, 0) is 4.79 Å². The molecule has 0 aliphatic heterocycles. The highest BCUT2D eigenvalue weighted by Crippen LogP contribution is 2.63. The molecule has 22 heavy (non-hydrogen) atoms. The van der Waals surface area contributed by atoms with Crippen molar-refractivity contribution in [2.45, 2.75) is 53.6 Å². The van der Waals surface area contributed by atoms with Crippen molar-refractivity contribution >= 4 is 18.9 Å². The molecule has 1 rings (SSSR count). The largest absolute Gasteiger partial charge is 0.322 e. The molecule has 1 aromatic carbocycles. The first-order valence-corrected chi connectivity index (χ1v) is 10.7. The summed E-state index contributed by atoms with van der Waals surface area (Å²) in [4.78, 5) is 12.9. The minimum Gasteiger partial charge on any atom is -0.322 e. The number of amides is 1. The molecule has 0 spiro atoms. The summed E-state index contributed by atoms with van der Waals surface area (Å²) >= 11 is 0. The average Bonchev–Trinajstić information content (AvgIpc) is 2.48. The van der Waals surface area contributed by atoms with Gasteiger partial charge < -0.3 is 5.32 Å². The lowest BCUT2D eigenvalue weighted by Gasteiger charge is -2.31. The van der Waals surface area contributed by atoms with E-state index in [9.17, 15) is 9.18 Å². The number of carbonyl (C=O) groups excluding carboxylic acids is 1. The lowest BCUT2D eigenvalue weighted by Crippen LogP contribution is -2.33. The highest BCUT2D eigenvalue weighted by atomic mass is 31.2. The normalized spacial score (nSPS) is 13.0. The molecule has 1 N–H and O–H groups in total. The zero-order valence-electron chi connectivity index (χ0n) is 14.8. The molecule has 1 unspecified atom stereocenters. The Balaban J connectivity index is 3.09. The van der Waals surface area contributed by atoms with Gasteiger partial charge in [0.25, 0.3) is 5.91 Å². The van der Waals surface area contributed by atoms with E-state index in [1.807, 2.05) is 13.8 Å². The minimum absolute atomic E-state index is 0.0938. The summed E-state index contributed by atoms with van der Waals surface area (Å²) in [5.41, 5.74) is 2.44. The van der Waals surface area contributed by atoms with E-state index in [1.165, 1.54) is 12.1 Å². The molecular weight excluding hydrogens is 296 g/mol. The molecule has 0 saturated heterocycles. The summed E-state index contributed by atoms with van der Waals surface area (Å²) in [6.45, 7) is 12.4. The van der Waals surface area contributed by atoms with Crippen LogP contribution in [0, 0.1) is 19.7 Å². The van der Waals surface area contributed by atoms with Gasteiger partial charge in [-0.2, -0.15) is 0 Å². The molecule has 0 aliphatic rings. The quantitative estimate of drug-likeness (QED) is 0.682. The van der Waals surface area contributed by atoms with Crippen LogP contribution in [0.15, 0.2) is 12.1 Å². The molecule has 1 amide bonds. The van der Waals surface area contributed by atoms with Gasteiger partial charge in [0.1, 0.15) is 11.5 Å². The zero-order valence-corrected chi connectivity index (χ0v) is 15.7. The van der Waals surface area contributed by atoms with Crippen molar-refractivity contribution in [2.75, 3.05) is 23.8 Å². The van der Waals surface area contributed by atoms with Crippen LogP contribution in [-0.4, -0.2) is 30.1 Å². The van der Waals surface area contributed by atoms with Gasteiger partial charge in [-0.1, -0.05) is 6.92 Å². The fourth-order valence-electron chi connectivity index (χ4n) is 3.47. The molecule has 4 heteroatoms. The lowest BCUT2D eigenvalue weighted by atomic mass is 10.1.